The van der Waals surface area contributed by atoms with E-state index in [-0.39, 0.29) is 5.78 Å². The van der Waals surface area contributed by atoms with Gasteiger partial charge in [0.25, 0.3) is 0 Å². The number of carbonyl (C=O) groups excluding carboxylic acids is 1. The summed E-state index contributed by atoms with van der Waals surface area (Å²) in [7, 11) is 0. The normalized spacial score (nSPS) is 16.4. The van der Waals surface area contributed by atoms with Crippen molar-refractivity contribution >= 4 is 5.78 Å². The molecule has 1 N–H and O–H groups in total. The van der Waals surface area contributed by atoms with E-state index in [4.69, 9.17) is 4.74 Å². The van der Waals surface area contributed by atoms with Crippen LogP contribution in [0.25, 0.3) is 0 Å². The molecule has 3 nitrogen and oxygen atoms in total. The van der Waals surface area contributed by atoms with Gasteiger partial charge in [-0.1, -0.05) is 35.9 Å². The van der Waals surface area contributed by atoms with Gasteiger partial charge in [-0.15, -0.1) is 0 Å². The maximum Gasteiger partial charge on any atom is 0.155 e. The summed E-state index contributed by atoms with van der Waals surface area (Å²) in [6.45, 7) is 1.06. The molecule has 0 fully saturated rings. The first-order valence-electron chi connectivity index (χ1n) is 8.26. The molecule has 1 aliphatic carbocycles. The molecule has 0 saturated carbocycles. The molecular weight excluding hydrogens is 276 g/mol. The SMILES string of the molecule is O=C1C=C(CCCCOCC(O)Cc2ccccc2)CCC1. The molecule has 0 heterocycles. The zero-order valence-corrected chi connectivity index (χ0v) is 13.2. The van der Waals surface area contributed by atoms with Crippen LogP contribution in [0.15, 0.2) is 42.0 Å². The van der Waals surface area contributed by atoms with Crippen molar-refractivity contribution in [2.75, 3.05) is 13.2 Å². The summed E-state index contributed by atoms with van der Waals surface area (Å²) < 4.78 is 5.54. The summed E-state index contributed by atoms with van der Waals surface area (Å²) in [6, 6.07) is 9.97. The average molecular weight is 302 g/mol. The minimum Gasteiger partial charge on any atom is -0.390 e. The summed E-state index contributed by atoms with van der Waals surface area (Å²) in [5, 5.41) is 9.92. The van der Waals surface area contributed by atoms with E-state index < -0.39 is 6.10 Å². The highest BCUT2D eigenvalue weighted by molar-refractivity contribution is 5.91. The van der Waals surface area contributed by atoms with Crippen LogP contribution in [0.3, 0.4) is 0 Å². The van der Waals surface area contributed by atoms with Gasteiger partial charge >= 0.3 is 0 Å². The number of allylic oxidation sites excluding steroid dienone is 2. The van der Waals surface area contributed by atoms with E-state index >= 15 is 0 Å². The molecule has 1 atom stereocenters. The summed E-state index contributed by atoms with van der Waals surface area (Å²) in [6.07, 6.45) is 7.84. The van der Waals surface area contributed by atoms with Crippen molar-refractivity contribution in [2.45, 2.75) is 51.0 Å². The minimum atomic E-state index is -0.443. The third-order valence-electron chi connectivity index (χ3n) is 3.95. The third-order valence-corrected chi connectivity index (χ3v) is 3.95. The Morgan fingerprint density at radius 3 is 2.73 bits per heavy atom. The van der Waals surface area contributed by atoms with E-state index in [1.54, 1.807) is 0 Å². The molecule has 3 heteroatoms. The molecule has 0 bridgehead atoms. The molecule has 0 radical (unpaired) electrons. The zero-order valence-electron chi connectivity index (χ0n) is 13.2. The Hall–Kier alpha value is -1.45. The average Bonchev–Trinajstić information content (AvgIpc) is 2.52. The van der Waals surface area contributed by atoms with Gasteiger partial charge in [-0.2, -0.15) is 0 Å². The highest BCUT2D eigenvalue weighted by Gasteiger charge is 2.09. The number of benzene rings is 1. The lowest BCUT2D eigenvalue weighted by molar-refractivity contribution is -0.115. The molecule has 120 valence electrons. The molecule has 0 aromatic heterocycles. The number of ketones is 1. The van der Waals surface area contributed by atoms with Crippen LogP contribution in [0.2, 0.25) is 0 Å². The predicted molar refractivity (Wildman–Crippen MR) is 87.8 cm³/mol. The van der Waals surface area contributed by atoms with Gasteiger partial charge < -0.3 is 9.84 Å². The highest BCUT2D eigenvalue weighted by atomic mass is 16.5. The van der Waals surface area contributed by atoms with Crippen molar-refractivity contribution in [3.05, 3.63) is 47.5 Å². The molecule has 1 aliphatic rings. The van der Waals surface area contributed by atoms with E-state index in [0.717, 1.165) is 37.7 Å². The van der Waals surface area contributed by atoms with Gasteiger partial charge in [-0.3, -0.25) is 4.79 Å². The van der Waals surface area contributed by atoms with Crippen LogP contribution in [0.5, 0.6) is 0 Å². The topological polar surface area (TPSA) is 46.5 Å². The third kappa shape index (κ3) is 6.54. The number of ether oxygens (including phenoxy) is 1. The largest absolute Gasteiger partial charge is 0.390 e. The van der Waals surface area contributed by atoms with E-state index in [9.17, 15) is 9.90 Å². The number of unbranched alkanes of at least 4 members (excludes halogenated alkanes) is 1. The molecule has 22 heavy (non-hydrogen) atoms. The molecule has 0 spiro atoms. The molecule has 0 amide bonds. The number of aliphatic hydroxyl groups excluding tert-OH is 1. The summed E-state index contributed by atoms with van der Waals surface area (Å²) in [4.78, 5) is 11.3. The predicted octanol–water partition coefficient (Wildman–Crippen LogP) is 3.46. The van der Waals surface area contributed by atoms with Gasteiger partial charge in [-0.25, -0.2) is 0 Å². The molecule has 1 aromatic rings. The fourth-order valence-corrected chi connectivity index (χ4v) is 2.78. The number of hydrogen-bond acceptors (Lipinski definition) is 3. The van der Waals surface area contributed by atoms with Crippen LogP contribution >= 0.6 is 0 Å². The van der Waals surface area contributed by atoms with Crippen molar-refractivity contribution in [1.82, 2.24) is 0 Å². The Kier molecular flexibility index (Phi) is 7.34. The fraction of sp³-hybridized carbons (Fsp3) is 0.526. The lowest BCUT2D eigenvalue weighted by Crippen LogP contribution is -2.18. The van der Waals surface area contributed by atoms with Crippen molar-refractivity contribution < 1.29 is 14.6 Å². The first-order chi connectivity index (χ1) is 10.7. The second-order valence-corrected chi connectivity index (χ2v) is 6.00. The van der Waals surface area contributed by atoms with Crippen LogP contribution in [-0.2, 0) is 16.0 Å². The quantitative estimate of drug-likeness (QED) is 0.711. The molecule has 0 saturated heterocycles. The van der Waals surface area contributed by atoms with Gasteiger partial charge in [0, 0.05) is 19.4 Å². The molecule has 1 unspecified atom stereocenters. The minimum absolute atomic E-state index is 0.279. The van der Waals surface area contributed by atoms with Gasteiger partial charge in [0.2, 0.25) is 0 Å². The standard InChI is InChI=1S/C19H26O3/c20-18-11-6-10-17(13-18)9-4-5-12-22-15-19(21)14-16-7-2-1-3-8-16/h1-3,7-8,13,19,21H,4-6,9-12,14-15H2. The zero-order chi connectivity index (χ0) is 15.6. The maximum absolute atomic E-state index is 11.3. The van der Waals surface area contributed by atoms with E-state index in [1.165, 1.54) is 5.57 Å². The van der Waals surface area contributed by atoms with E-state index in [1.807, 2.05) is 36.4 Å². The number of hydrogen-bond donors (Lipinski definition) is 1. The lowest BCUT2D eigenvalue weighted by Gasteiger charge is -2.13. The lowest BCUT2D eigenvalue weighted by atomic mass is 9.95. The monoisotopic (exact) mass is 302 g/mol. The molecular formula is C19H26O3. The maximum atomic E-state index is 11.3. The summed E-state index contributed by atoms with van der Waals surface area (Å²) in [5.41, 5.74) is 2.42. The van der Waals surface area contributed by atoms with Crippen LogP contribution in [-0.4, -0.2) is 30.2 Å². The van der Waals surface area contributed by atoms with Crippen molar-refractivity contribution in [1.29, 1.82) is 0 Å². The highest BCUT2D eigenvalue weighted by Crippen LogP contribution is 2.20. The van der Waals surface area contributed by atoms with Crippen molar-refractivity contribution in [3.8, 4) is 0 Å². The summed E-state index contributed by atoms with van der Waals surface area (Å²) in [5.74, 6) is 0.279. The Bertz CT molecular complexity index is 479. The van der Waals surface area contributed by atoms with Crippen LogP contribution in [0.4, 0.5) is 0 Å². The first-order valence-corrected chi connectivity index (χ1v) is 8.26. The molecule has 2 rings (SSSR count). The summed E-state index contributed by atoms with van der Waals surface area (Å²) >= 11 is 0. The number of rotatable bonds is 9. The number of aliphatic hydroxyl groups is 1. The van der Waals surface area contributed by atoms with E-state index in [0.29, 0.717) is 26.1 Å². The Morgan fingerprint density at radius 1 is 1.14 bits per heavy atom. The smallest absolute Gasteiger partial charge is 0.155 e. The van der Waals surface area contributed by atoms with Gasteiger partial charge in [-0.05, 0) is 43.7 Å². The first kappa shape index (κ1) is 16.9. The second-order valence-electron chi connectivity index (χ2n) is 6.00. The fourth-order valence-electron chi connectivity index (χ4n) is 2.78. The Morgan fingerprint density at radius 2 is 1.95 bits per heavy atom. The van der Waals surface area contributed by atoms with Gasteiger partial charge in [0.05, 0.1) is 12.7 Å². The molecule has 1 aromatic carbocycles. The van der Waals surface area contributed by atoms with Crippen molar-refractivity contribution in [3.63, 3.8) is 0 Å². The van der Waals surface area contributed by atoms with Crippen LogP contribution in [0.1, 0.15) is 44.1 Å². The van der Waals surface area contributed by atoms with Gasteiger partial charge in [0.1, 0.15) is 0 Å². The van der Waals surface area contributed by atoms with Crippen LogP contribution < -0.4 is 0 Å². The second kappa shape index (κ2) is 9.54. The Labute approximate surface area is 133 Å². The number of carbonyl (C=O) groups is 1. The van der Waals surface area contributed by atoms with E-state index in [2.05, 4.69) is 0 Å². The Balaban J connectivity index is 1.51. The van der Waals surface area contributed by atoms with Gasteiger partial charge in [0.15, 0.2) is 5.78 Å². The van der Waals surface area contributed by atoms with Crippen molar-refractivity contribution in [2.24, 2.45) is 0 Å². The molecule has 0 aliphatic heterocycles. The van der Waals surface area contributed by atoms with Crippen LogP contribution in [0, 0.1) is 0 Å².